The number of aromatic nitrogens is 1. The summed E-state index contributed by atoms with van der Waals surface area (Å²) in [4.78, 5) is 18.1. The highest BCUT2D eigenvalue weighted by Gasteiger charge is 2.71. The molecule has 2 aliphatic heterocycles. The van der Waals surface area contributed by atoms with Gasteiger partial charge in [0, 0.05) is 42.0 Å². The molecule has 0 amide bonds. The Labute approximate surface area is 225 Å². The number of carbonyl (C=O) groups is 1. The molecule has 4 heterocycles. The molecule has 3 aromatic rings. The van der Waals surface area contributed by atoms with E-state index >= 15 is 0 Å². The number of carboxylic acid groups (broad SMARTS) is 1. The van der Waals surface area contributed by atoms with Crippen LogP contribution in [0.5, 0.6) is 0 Å². The minimum atomic E-state index is -5.08. The maximum atomic E-state index is 13.1. The normalized spacial score (nSPS) is 22.9. The number of pyridine rings is 1. The van der Waals surface area contributed by atoms with Gasteiger partial charge in [0.25, 0.3) is 10.0 Å². The number of hydrogen-bond acceptors (Lipinski definition) is 9. The monoisotopic (exact) mass is 584 g/mol. The fourth-order valence-corrected chi connectivity index (χ4v) is 6.41. The van der Waals surface area contributed by atoms with E-state index in [2.05, 4.69) is 20.1 Å². The Morgan fingerprint density at radius 1 is 1.23 bits per heavy atom. The highest BCUT2D eigenvalue weighted by Crippen LogP contribution is 2.45. The van der Waals surface area contributed by atoms with Crippen LogP contribution >= 0.6 is 11.3 Å². The molecule has 39 heavy (non-hydrogen) atoms. The van der Waals surface area contributed by atoms with Gasteiger partial charge in [-0.3, -0.25) is 9.98 Å². The topological polar surface area (TPSA) is 163 Å². The second-order valence-corrected chi connectivity index (χ2v) is 11.3. The molecular weight excluding hydrogens is 561 g/mol. The van der Waals surface area contributed by atoms with Crippen LogP contribution in [0, 0.1) is 0 Å². The van der Waals surface area contributed by atoms with Gasteiger partial charge >= 0.3 is 12.1 Å². The molecule has 2 saturated heterocycles. The van der Waals surface area contributed by atoms with Gasteiger partial charge in [-0.2, -0.15) is 22.9 Å². The molecule has 0 radical (unpaired) electrons. The van der Waals surface area contributed by atoms with Crippen LogP contribution in [-0.4, -0.2) is 73.1 Å². The first kappa shape index (κ1) is 28.6. The van der Waals surface area contributed by atoms with Crippen molar-refractivity contribution in [1.29, 1.82) is 0 Å². The van der Waals surface area contributed by atoms with Gasteiger partial charge in [0.1, 0.15) is 10.0 Å². The molecule has 3 atom stereocenters. The molecule has 2 aliphatic rings. The molecule has 11 nitrogen and oxygen atoms in total. The predicted molar refractivity (Wildman–Crippen MR) is 136 cm³/mol. The lowest BCUT2D eigenvalue weighted by molar-refractivity contribution is -0.192. The highest BCUT2D eigenvalue weighted by atomic mass is 32.2. The van der Waals surface area contributed by atoms with Crippen molar-refractivity contribution in [1.82, 2.24) is 20.1 Å². The number of carboxylic acids is 1. The van der Waals surface area contributed by atoms with Crippen molar-refractivity contribution in [2.45, 2.75) is 28.4 Å². The van der Waals surface area contributed by atoms with Crippen LogP contribution in [0.25, 0.3) is 10.4 Å². The number of aliphatic imine (C=N–C) groups is 1. The molecule has 1 aromatic carbocycles. The first-order valence-electron chi connectivity index (χ1n) is 11.2. The van der Waals surface area contributed by atoms with Gasteiger partial charge in [0.15, 0.2) is 12.0 Å². The van der Waals surface area contributed by atoms with E-state index in [1.165, 1.54) is 11.3 Å². The number of fused-ring (bicyclic) bond motifs is 1. The zero-order chi connectivity index (χ0) is 28.4. The number of nitrogens with zero attached hydrogens (tertiary/aromatic N) is 3. The van der Waals surface area contributed by atoms with E-state index in [9.17, 15) is 21.6 Å². The molecule has 2 aromatic heterocycles. The third-order valence-corrected chi connectivity index (χ3v) is 8.78. The van der Waals surface area contributed by atoms with E-state index in [-0.39, 0.29) is 4.21 Å². The van der Waals surface area contributed by atoms with E-state index < -0.39 is 40.2 Å². The molecule has 0 saturated carbocycles. The number of halogens is 3. The number of aliphatic carboxylic acids is 1. The average Bonchev–Trinajstić information content (AvgIpc) is 3.27. The van der Waals surface area contributed by atoms with Crippen LogP contribution in [0.2, 0.25) is 0 Å². The molecule has 0 aliphatic carbocycles. The van der Waals surface area contributed by atoms with Crippen molar-refractivity contribution in [3.8, 4) is 10.4 Å². The van der Waals surface area contributed by atoms with Gasteiger partial charge in [0.2, 0.25) is 0 Å². The summed E-state index contributed by atoms with van der Waals surface area (Å²) in [5, 5.41) is 8.90. The van der Waals surface area contributed by atoms with E-state index in [1.54, 1.807) is 36.6 Å². The lowest BCUT2D eigenvalue weighted by Crippen LogP contribution is -2.51. The van der Waals surface area contributed by atoms with Gasteiger partial charge in [0.05, 0.1) is 6.04 Å². The molecule has 16 heteroatoms. The van der Waals surface area contributed by atoms with E-state index in [0.29, 0.717) is 12.4 Å². The summed E-state index contributed by atoms with van der Waals surface area (Å²) in [5.41, 5.74) is 10.1. The highest BCUT2D eigenvalue weighted by molar-refractivity contribution is 7.91. The third kappa shape index (κ3) is 6.26. The number of nitrogens with one attached hydrogen (secondary N) is 2. The minimum absolute atomic E-state index is 0.193. The molecule has 2 unspecified atom stereocenters. The Morgan fingerprint density at radius 3 is 2.49 bits per heavy atom. The molecule has 2 fully saturated rings. The molecule has 208 valence electrons. The van der Waals surface area contributed by atoms with Crippen molar-refractivity contribution >= 4 is 33.2 Å². The second-order valence-electron chi connectivity index (χ2n) is 8.34. The summed E-state index contributed by atoms with van der Waals surface area (Å²) in [6, 6.07) is 16.1. The summed E-state index contributed by atoms with van der Waals surface area (Å²) in [7, 11) is -2.15. The van der Waals surface area contributed by atoms with Crippen molar-refractivity contribution in [2.24, 2.45) is 10.7 Å². The zero-order valence-electron chi connectivity index (χ0n) is 20.2. The largest absolute Gasteiger partial charge is 0.490 e. The second kappa shape index (κ2) is 11.0. The molecular formula is C23H23F3N6O5S2. The average molecular weight is 585 g/mol. The van der Waals surface area contributed by atoms with E-state index in [4.69, 9.17) is 20.4 Å². The number of rotatable bonds is 6. The zero-order valence-corrected chi connectivity index (χ0v) is 21.8. The van der Waals surface area contributed by atoms with Crippen molar-refractivity contribution in [2.75, 3.05) is 13.6 Å². The predicted octanol–water partition coefficient (Wildman–Crippen LogP) is 2.00. The number of hydrogen-bond donors (Lipinski definition) is 4. The first-order valence-corrected chi connectivity index (χ1v) is 13.5. The van der Waals surface area contributed by atoms with Crippen molar-refractivity contribution < 1.29 is 36.2 Å². The molecule has 5 N–H and O–H groups in total. The number of hydrazine groups is 1. The van der Waals surface area contributed by atoms with Crippen LogP contribution in [0.4, 0.5) is 13.2 Å². The Bertz CT molecular complexity index is 1450. The summed E-state index contributed by atoms with van der Waals surface area (Å²) in [5.74, 6) is -2.11. The molecule has 5 rings (SSSR count). The Kier molecular flexibility index (Phi) is 8.06. The van der Waals surface area contributed by atoms with Crippen LogP contribution < -0.4 is 15.9 Å². The summed E-state index contributed by atoms with van der Waals surface area (Å²) < 4.78 is 66.6. The smallest absolute Gasteiger partial charge is 0.475 e. The minimum Gasteiger partial charge on any atom is -0.475 e. The van der Waals surface area contributed by atoms with Gasteiger partial charge < -0.3 is 21.0 Å². The number of alkyl halides is 3. The van der Waals surface area contributed by atoms with Crippen molar-refractivity contribution in [3.05, 3.63) is 72.6 Å². The van der Waals surface area contributed by atoms with Gasteiger partial charge in [-0.05, 0) is 18.2 Å². The number of ether oxygens (including phenoxy) is 1. The maximum absolute atomic E-state index is 13.1. The van der Waals surface area contributed by atoms with Crippen molar-refractivity contribution in [3.63, 3.8) is 0 Å². The summed E-state index contributed by atoms with van der Waals surface area (Å²) >= 11 is 1.17. The lowest BCUT2D eigenvalue weighted by atomic mass is 10.2. The number of amidine groups is 1. The number of benzene rings is 1. The summed E-state index contributed by atoms with van der Waals surface area (Å²) in [6.07, 6.45) is -2.25. The maximum Gasteiger partial charge on any atom is 0.490 e. The van der Waals surface area contributed by atoms with Crippen LogP contribution in [0.15, 0.2) is 76.2 Å². The number of epoxide rings is 1. The van der Waals surface area contributed by atoms with Crippen LogP contribution in [0.3, 0.4) is 0 Å². The van der Waals surface area contributed by atoms with Crippen LogP contribution in [0.1, 0.15) is 5.56 Å². The van der Waals surface area contributed by atoms with Crippen LogP contribution in [-0.2, 0) is 19.6 Å². The lowest BCUT2D eigenvalue weighted by Gasteiger charge is -2.21. The Morgan fingerprint density at radius 2 is 1.92 bits per heavy atom. The fraction of sp³-hybridized carbons (Fsp3) is 0.261. The first-order chi connectivity index (χ1) is 18.4. The standard InChI is InChI=1S/C21H22N6O3S2.C2HF3O2/c1-23-19(14-6-3-2-4-7-14)25-27-13-17(22)21(20(27)30-21)26-32(28,29)18-10-9-16(31-18)15-8-5-11-24-12-15;3-2(4,5)1(6)7/h2-12,17,20,26H,13,22H2,1H3,(H,23,25);(H,6,7)/t17?,20?,21-;/m0./s1. The number of sulfonamides is 1. The summed E-state index contributed by atoms with van der Waals surface area (Å²) in [6.45, 7) is 0.393. The van der Waals surface area contributed by atoms with E-state index in [0.717, 1.165) is 16.0 Å². The Balaban J connectivity index is 0.000000448. The fourth-order valence-electron chi connectivity index (χ4n) is 3.78. The van der Waals surface area contributed by atoms with Gasteiger partial charge in [-0.1, -0.05) is 36.4 Å². The third-order valence-electron chi connectivity index (χ3n) is 5.69. The molecule has 0 spiro atoms. The number of nitrogens with two attached hydrogens (primary N) is 1. The SMILES string of the molecule is CN=C(NN1CC(N)[C@]2(NS(=O)(=O)c3ccc(-c4cccnc4)s3)OC12)c1ccccc1.O=C(O)C(F)(F)F. The number of thiophene rings is 1. The van der Waals surface area contributed by atoms with Gasteiger partial charge in [-0.15, -0.1) is 11.3 Å². The van der Waals surface area contributed by atoms with Gasteiger partial charge in [-0.25, -0.2) is 13.2 Å². The van der Waals surface area contributed by atoms with E-state index in [1.807, 2.05) is 42.5 Å². The molecule has 0 bridgehead atoms. The quantitative estimate of drug-likeness (QED) is 0.193. The Hall–Kier alpha value is -3.41.